The number of benzene rings is 1. The lowest BCUT2D eigenvalue weighted by Gasteiger charge is -2.28. The third-order valence-electron chi connectivity index (χ3n) is 3.73. The Balaban J connectivity index is 2.15. The van der Waals surface area contributed by atoms with Crippen molar-refractivity contribution >= 4 is 17.4 Å². The first-order chi connectivity index (χ1) is 9.24. The highest BCUT2D eigenvalue weighted by Gasteiger charge is 2.20. The molecule has 0 aromatic heterocycles. The summed E-state index contributed by atoms with van der Waals surface area (Å²) in [6.07, 6.45) is 5.08. The number of anilines is 1. The molecule has 2 nitrogen and oxygen atoms in total. The fourth-order valence-electron chi connectivity index (χ4n) is 2.83. The molecule has 1 aliphatic rings. The van der Waals surface area contributed by atoms with E-state index in [-0.39, 0.29) is 0 Å². The van der Waals surface area contributed by atoms with E-state index >= 15 is 0 Å². The second-order valence-corrected chi connectivity index (χ2v) is 6.64. The van der Waals surface area contributed by atoms with E-state index in [0.717, 1.165) is 27.8 Å². The molecule has 1 aliphatic carbocycles. The number of nitrogens with zero attached hydrogens (tertiary/aromatic N) is 1. The van der Waals surface area contributed by atoms with Crippen LogP contribution in [-0.4, -0.2) is 11.8 Å². The van der Waals surface area contributed by atoms with Gasteiger partial charge in [-0.15, -0.1) is 11.8 Å². The quantitative estimate of drug-likeness (QED) is 0.811. The third kappa shape index (κ3) is 3.67. The predicted octanol–water partition coefficient (Wildman–Crippen LogP) is 4.66. The van der Waals surface area contributed by atoms with E-state index in [9.17, 15) is 5.26 Å². The summed E-state index contributed by atoms with van der Waals surface area (Å²) >= 11 is 1.74. The van der Waals surface area contributed by atoms with Crippen molar-refractivity contribution in [2.24, 2.45) is 5.92 Å². The monoisotopic (exact) mass is 274 g/mol. The zero-order valence-corrected chi connectivity index (χ0v) is 12.6. The largest absolute Gasteiger partial charge is 0.381 e. The first-order valence-electron chi connectivity index (χ1n) is 7.17. The first-order valence-corrected chi connectivity index (χ1v) is 8.15. The standard InChI is InChI=1S/C16H22N2S/c1-3-19-16-9-5-8-15(14(16)11-17)18-13-7-4-6-12(2)10-13/h5,8-9,12-13,18H,3-4,6-7,10H2,1-2H3. The van der Waals surface area contributed by atoms with Crippen molar-refractivity contribution < 1.29 is 0 Å². The van der Waals surface area contributed by atoms with Crippen LogP contribution in [0.4, 0.5) is 5.69 Å². The van der Waals surface area contributed by atoms with Gasteiger partial charge in [0, 0.05) is 10.9 Å². The van der Waals surface area contributed by atoms with Crippen LogP contribution in [0.2, 0.25) is 0 Å². The molecule has 0 spiro atoms. The molecule has 1 aromatic carbocycles. The molecule has 0 aliphatic heterocycles. The van der Waals surface area contributed by atoms with Gasteiger partial charge in [0.15, 0.2) is 0 Å². The van der Waals surface area contributed by atoms with E-state index in [1.807, 2.05) is 18.2 Å². The van der Waals surface area contributed by atoms with Gasteiger partial charge in [0.25, 0.3) is 0 Å². The molecule has 1 saturated carbocycles. The molecule has 0 saturated heterocycles. The Morgan fingerprint density at radius 1 is 1.42 bits per heavy atom. The van der Waals surface area contributed by atoms with Gasteiger partial charge in [-0.25, -0.2) is 0 Å². The lowest BCUT2D eigenvalue weighted by Crippen LogP contribution is -2.26. The third-order valence-corrected chi connectivity index (χ3v) is 4.67. The Bertz CT molecular complexity index is 464. The van der Waals surface area contributed by atoms with E-state index in [4.69, 9.17) is 0 Å². The van der Waals surface area contributed by atoms with Crippen molar-refractivity contribution in [2.45, 2.75) is 50.5 Å². The van der Waals surface area contributed by atoms with Crippen LogP contribution in [-0.2, 0) is 0 Å². The first kappa shape index (κ1) is 14.3. The van der Waals surface area contributed by atoms with Gasteiger partial charge in [0.1, 0.15) is 6.07 Å². The van der Waals surface area contributed by atoms with Crippen LogP contribution < -0.4 is 5.32 Å². The SMILES string of the molecule is CCSc1cccc(NC2CCCC(C)C2)c1C#N. The van der Waals surface area contributed by atoms with Crippen LogP contribution in [0.3, 0.4) is 0 Å². The Morgan fingerprint density at radius 3 is 2.95 bits per heavy atom. The Morgan fingerprint density at radius 2 is 2.26 bits per heavy atom. The highest BCUT2D eigenvalue weighted by molar-refractivity contribution is 7.99. The molecule has 3 heteroatoms. The minimum Gasteiger partial charge on any atom is -0.381 e. The maximum atomic E-state index is 9.40. The molecular formula is C16H22N2S. The Hall–Kier alpha value is -1.14. The number of nitriles is 1. The van der Waals surface area contributed by atoms with Crippen LogP contribution >= 0.6 is 11.8 Å². The topological polar surface area (TPSA) is 35.8 Å². The molecule has 0 amide bonds. The summed E-state index contributed by atoms with van der Waals surface area (Å²) < 4.78 is 0. The lowest BCUT2D eigenvalue weighted by atomic mass is 9.87. The molecule has 2 rings (SSSR count). The van der Waals surface area contributed by atoms with Gasteiger partial charge in [-0.3, -0.25) is 0 Å². The highest BCUT2D eigenvalue weighted by atomic mass is 32.2. The summed E-state index contributed by atoms with van der Waals surface area (Å²) in [7, 11) is 0. The number of rotatable bonds is 4. The lowest BCUT2D eigenvalue weighted by molar-refractivity contribution is 0.358. The van der Waals surface area contributed by atoms with Crippen LogP contribution in [0, 0.1) is 17.2 Å². The molecule has 0 radical (unpaired) electrons. The van der Waals surface area contributed by atoms with Gasteiger partial charge in [-0.2, -0.15) is 5.26 Å². The van der Waals surface area contributed by atoms with Crippen molar-refractivity contribution in [1.82, 2.24) is 0 Å². The summed E-state index contributed by atoms with van der Waals surface area (Å²) in [5, 5.41) is 13.0. The number of hydrogen-bond donors (Lipinski definition) is 1. The maximum absolute atomic E-state index is 9.40. The summed E-state index contributed by atoms with van der Waals surface area (Å²) in [6, 6.07) is 9.02. The molecular weight excluding hydrogens is 252 g/mol. The molecule has 2 atom stereocenters. The normalized spacial score (nSPS) is 22.8. The van der Waals surface area contributed by atoms with Crippen molar-refractivity contribution in [1.29, 1.82) is 5.26 Å². The molecule has 2 unspecified atom stereocenters. The van der Waals surface area contributed by atoms with Crippen molar-refractivity contribution in [3.05, 3.63) is 23.8 Å². The zero-order chi connectivity index (χ0) is 13.7. The predicted molar refractivity (Wildman–Crippen MR) is 82.6 cm³/mol. The van der Waals surface area contributed by atoms with Crippen LogP contribution in [0.5, 0.6) is 0 Å². The summed E-state index contributed by atoms with van der Waals surface area (Å²) in [4.78, 5) is 1.10. The molecule has 19 heavy (non-hydrogen) atoms. The van der Waals surface area contributed by atoms with E-state index in [2.05, 4.69) is 25.2 Å². The zero-order valence-electron chi connectivity index (χ0n) is 11.8. The average Bonchev–Trinajstić information content (AvgIpc) is 2.39. The van der Waals surface area contributed by atoms with Gasteiger partial charge < -0.3 is 5.32 Å². The number of hydrogen-bond acceptors (Lipinski definition) is 3. The fourth-order valence-corrected chi connectivity index (χ4v) is 3.61. The van der Waals surface area contributed by atoms with Crippen LogP contribution in [0.1, 0.15) is 45.1 Å². The number of thioether (sulfide) groups is 1. The second-order valence-electron chi connectivity index (χ2n) is 5.34. The van der Waals surface area contributed by atoms with Gasteiger partial charge in [-0.1, -0.05) is 32.8 Å². The average molecular weight is 274 g/mol. The minimum atomic E-state index is 0.526. The smallest absolute Gasteiger partial charge is 0.102 e. The molecule has 0 heterocycles. The summed E-state index contributed by atoms with van der Waals surface area (Å²) in [5.74, 6) is 1.79. The molecule has 0 bridgehead atoms. The fraction of sp³-hybridized carbons (Fsp3) is 0.562. The van der Waals surface area contributed by atoms with Gasteiger partial charge in [0.2, 0.25) is 0 Å². The highest BCUT2D eigenvalue weighted by Crippen LogP contribution is 2.31. The molecule has 1 fully saturated rings. The van der Waals surface area contributed by atoms with Crippen LogP contribution in [0.15, 0.2) is 23.1 Å². The van der Waals surface area contributed by atoms with E-state index in [0.29, 0.717) is 6.04 Å². The Labute approximate surface area is 120 Å². The molecule has 102 valence electrons. The molecule has 1 N–H and O–H groups in total. The Kier molecular flexibility index (Phi) is 5.15. The summed E-state index contributed by atoms with van der Waals surface area (Å²) in [6.45, 7) is 4.44. The van der Waals surface area contributed by atoms with Crippen molar-refractivity contribution in [2.75, 3.05) is 11.1 Å². The summed E-state index contributed by atoms with van der Waals surface area (Å²) in [5.41, 5.74) is 1.83. The van der Waals surface area contributed by atoms with E-state index in [1.165, 1.54) is 25.7 Å². The van der Waals surface area contributed by atoms with Crippen LogP contribution in [0.25, 0.3) is 0 Å². The maximum Gasteiger partial charge on any atom is 0.102 e. The molecule has 1 aromatic rings. The van der Waals surface area contributed by atoms with Gasteiger partial charge in [0.05, 0.1) is 11.3 Å². The van der Waals surface area contributed by atoms with Gasteiger partial charge in [-0.05, 0) is 36.6 Å². The van der Waals surface area contributed by atoms with Crippen molar-refractivity contribution in [3.63, 3.8) is 0 Å². The van der Waals surface area contributed by atoms with E-state index in [1.54, 1.807) is 11.8 Å². The van der Waals surface area contributed by atoms with Gasteiger partial charge >= 0.3 is 0 Å². The second kappa shape index (κ2) is 6.86. The number of nitrogens with one attached hydrogen (secondary N) is 1. The van der Waals surface area contributed by atoms with Crippen molar-refractivity contribution in [3.8, 4) is 6.07 Å². The van der Waals surface area contributed by atoms with E-state index < -0.39 is 0 Å². The minimum absolute atomic E-state index is 0.526.